The van der Waals surface area contributed by atoms with Gasteiger partial charge < -0.3 is 14.8 Å². The van der Waals surface area contributed by atoms with E-state index < -0.39 is 11.8 Å². The summed E-state index contributed by atoms with van der Waals surface area (Å²) in [5, 5.41) is 6.63. The number of anilines is 1. The Balaban J connectivity index is 1.91. The van der Waals surface area contributed by atoms with Crippen molar-refractivity contribution in [1.29, 1.82) is 0 Å². The van der Waals surface area contributed by atoms with E-state index in [9.17, 15) is 9.59 Å². The van der Waals surface area contributed by atoms with Crippen LogP contribution in [0.5, 0.6) is 11.5 Å². The van der Waals surface area contributed by atoms with Gasteiger partial charge in [0.25, 0.3) is 0 Å². The summed E-state index contributed by atoms with van der Waals surface area (Å²) in [6, 6.07) is 11.7. The van der Waals surface area contributed by atoms with E-state index in [4.69, 9.17) is 21.1 Å². The molecule has 0 heterocycles. The van der Waals surface area contributed by atoms with Gasteiger partial charge in [-0.3, -0.25) is 9.59 Å². The molecule has 2 aromatic carbocycles. The van der Waals surface area contributed by atoms with Crippen LogP contribution in [0, 0.1) is 0 Å². The molecule has 2 amide bonds. The van der Waals surface area contributed by atoms with Gasteiger partial charge >= 0.3 is 11.8 Å². The molecule has 0 atom stereocenters. The van der Waals surface area contributed by atoms with E-state index in [2.05, 4.69) is 15.8 Å². The molecule has 0 radical (unpaired) electrons. The molecule has 0 fully saturated rings. The lowest BCUT2D eigenvalue weighted by Crippen LogP contribution is -2.32. The number of halogens is 1. The van der Waals surface area contributed by atoms with Gasteiger partial charge in [0.1, 0.15) is 11.5 Å². The summed E-state index contributed by atoms with van der Waals surface area (Å²) in [7, 11) is 1.51. The molecule has 26 heavy (non-hydrogen) atoms. The summed E-state index contributed by atoms with van der Waals surface area (Å²) < 4.78 is 10.4. The fraction of sp³-hybridized carbons (Fsp3) is 0.167. The molecule has 0 aliphatic rings. The molecule has 2 aromatic rings. The van der Waals surface area contributed by atoms with Crippen molar-refractivity contribution in [3.8, 4) is 11.5 Å². The molecule has 0 bridgehead atoms. The summed E-state index contributed by atoms with van der Waals surface area (Å²) in [4.78, 5) is 23.6. The first-order valence-electron chi connectivity index (χ1n) is 7.74. The number of hydrazone groups is 1. The second-order valence-electron chi connectivity index (χ2n) is 5.01. The first-order valence-corrected chi connectivity index (χ1v) is 8.12. The van der Waals surface area contributed by atoms with Crippen molar-refractivity contribution >= 4 is 35.3 Å². The fourth-order valence-electron chi connectivity index (χ4n) is 1.97. The molecule has 8 heteroatoms. The Morgan fingerprint density at radius 1 is 1.19 bits per heavy atom. The maximum Gasteiger partial charge on any atom is 0.329 e. The minimum Gasteiger partial charge on any atom is -0.497 e. The minimum absolute atomic E-state index is 0.429. The van der Waals surface area contributed by atoms with Crippen LogP contribution in [0.2, 0.25) is 5.02 Å². The van der Waals surface area contributed by atoms with Crippen molar-refractivity contribution in [3.63, 3.8) is 0 Å². The molecular weight excluding hydrogens is 358 g/mol. The largest absolute Gasteiger partial charge is 0.497 e. The number of nitrogens with one attached hydrogen (secondary N) is 2. The zero-order valence-electron chi connectivity index (χ0n) is 14.3. The third-order valence-electron chi connectivity index (χ3n) is 3.17. The SMILES string of the molecule is CCOc1ccc(/C=N\NC(=O)C(=O)Nc2cccc(OC)c2)cc1Cl. The number of benzene rings is 2. The molecule has 0 saturated carbocycles. The maximum absolute atomic E-state index is 11.8. The summed E-state index contributed by atoms with van der Waals surface area (Å²) in [5.41, 5.74) is 3.23. The lowest BCUT2D eigenvalue weighted by molar-refractivity contribution is -0.136. The summed E-state index contributed by atoms with van der Waals surface area (Å²) in [6.45, 7) is 2.36. The molecule has 2 rings (SSSR count). The van der Waals surface area contributed by atoms with Gasteiger partial charge in [0.15, 0.2) is 0 Å². The van der Waals surface area contributed by atoms with Crippen LogP contribution in [0.3, 0.4) is 0 Å². The van der Waals surface area contributed by atoms with Crippen LogP contribution in [0.15, 0.2) is 47.6 Å². The molecule has 2 N–H and O–H groups in total. The lowest BCUT2D eigenvalue weighted by Gasteiger charge is -2.06. The first-order chi connectivity index (χ1) is 12.5. The number of nitrogens with zero attached hydrogens (tertiary/aromatic N) is 1. The smallest absolute Gasteiger partial charge is 0.329 e. The van der Waals surface area contributed by atoms with Gasteiger partial charge in [-0.15, -0.1) is 0 Å². The summed E-state index contributed by atoms with van der Waals surface area (Å²) in [5.74, 6) is -0.622. The topological polar surface area (TPSA) is 89.0 Å². The van der Waals surface area contributed by atoms with Crippen molar-refractivity contribution in [2.45, 2.75) is 6.92 Å². The van der Waals surface area contributed by atoms with E-state index in [1.165, 1.54) is 13.3 Å². The summed E-state index contributed by atoms with van der Waals surface area (Å²) >= 11 is 6.07. The predicted molar refractivity (Wildman–Crippen MR) is 100.0 cm³/mol. The number of hydrogen-bond acceptors (Lipinski definition) is 5. The number of carbonyl (C=O) groups is 2. The summed E-state index contributed by atoms with van der Waals surface area (Å²) in [6.07, 6.45) is 1.37. The van der Waals surface area contributed by atoms with Crippen molar-refractivity contribution in [2.75, 3.05) is 19.0 Å². The predicted octanol–water partition coefficient (Wildman–Crippen LogP) is 2.84. The van der Waals surface area contributed by atoms with E-state index in [0.29, 0.717) is 34.4 Å². The van der Waals surface area contributed by atoms with Crippen LogP contribution in [0.25, 0.3) is 0 Å². The Morgan fingerprint density at radius 2 is 2.00 bits per heavy atom. The highest BCUT2D eigenvalue weighted by molar-refractivity contribution is 6.39. The van der Waals surface area contributed by atoms with E-state index in [-0.39, 0.29) is 0 Å². The van der Waals surface area contributed by atoms with Crippen molar-refractivity contribution in [1.82, 2.24) is 5.43 Å². The fourth-order valence-corrected chi connectivity index (χ4v) is 2.22. The van der Waals surface area contributed by atoms with Gasteiger partial charge in [0.05, 0.1) is 25.0 Å². The highest BCUT2D eigenvalue weighted by Gasteiger charge is 2.13. The molecule has 0 spiro atoms. The Morgan fingerprint density at radius 3 is 2.69 bits per heavy atom. The van der Waals surface area contributed by atoms with Crippen LogP contribution in [-0.2, 0) is 9.59 Å². The molecule has 0 unspecified atom stereocenters. The Labute approximate surface area is 155 Å². The van der Waals surface area contributed by atoms with Crippen LogP contribution in [-0.4, -0.2) is 31.7 Å². The Bertz CT molecular complexity index is 824. The van der Waals surface area contributed by atoms with Crippen molar-refractivity contribution in [3.05, 3.63) is 53.1 Å². The molecule has 0 aliphatic heterocycles. The number of rotatable bonds is 6. The zero-order chi connectivity index (χ0) is 18.9. The van der Waals surface area contributed by atoms with Crippen LogP contribution < -0.4 is 20.2 Å². The molecule has 7 nitrogen and oxygen atoms in total. The van der Waals surface area contributed by atoms with Gasteiger partial charge in [-0.25, -0.2) is 5.43 Å². The van der Waals surface area contributed by atoms with Gasteiger partial charge in [-0.1, -0.05) is 17.7 Å². The Hall–Kier alpha value is -3.06. The molecular formula is C18H18ClN3O4. The quantitative estimate of drug-likeness (QED) is 0.461. The molecule has 136 valence electrons. The van der Waals surface area contributed by atoms with Gasteiger partial charge in [-0.05, 0) is 42.8 Å². The van der Waals surface area contributed by atoms with Crippen LogP contribution in [0.1, 0.15) is 12.5 Å². The van der Waals surface area contributed by atoms with E-state index >= 15 is 0 Å². The van der Waals surface area contributed by atoms with E-state index in [1.54, 1.807) is 42.5 Å². The number of carbonyl (C=O) groups excluding carboxylic acids is 2. The average molecular weight is 376 g/mol. The molecule has 0 aliphatic carbocycles. The standard InChI is InChI=1S/C18H18ClN3O4/c1-3-26-16-8-7-12(9-15(16)19)11-20-22-18(24)17(23)21-13-5-4-6-14(10-13)25-2/h4-11H,3H2,1-2H3,(H,21,23)(H,22,24)/b20-11-. The third-order valence-corrected chi connectivity index (χ3v) is 3.46. The highest BCUT2D eigenvalue weighted by Crippen LogP contribution is 2.24. The third kappa shape index (κ3) is 5.49. The van der Waals surface area contributed by atoms with Gasteiger partial charge in [0.2, 0.25) is 0 Å². The van der Waals surface area contributed by atoms with Gasteiger partial charge in [0, 0.05) is 11.8 Å². The number of hydrogen-bond donors (Lipinski definition) is 2. The van der Waals surface area contributed by atoms with Crippen LogP contribution in [0.4, 0.5) is 5.69 Å². The van der Waals surface area contributed by atoms with Crippen molar-refractivity contribution in [2.24, 2.45) is 5.10 Å². The lowest BCUT2D eigenvalue weighted by atomic mass is 10.2. The van der Waals surface area contributed by atoms with E-state index in [1.807, 2.05) is 6.92 Å². The van der Waals surface area contributed by atoms with Crippen LogP contribution >= 0.6 is 11.6 Å². The Kier molecular flexibility index (Phi) is 6.99. The second kappa shape index (κ2) is 9.43. The number of methoxy groups -OCH3 is 1. The normalized spacial score (nSPS) is 10.4. The highest BCUT2D eigenvalue weighted by atomic mass is 35.5. The second-order valence-corrected chi connectivity index (χ2v) is 5.42. The van der Waals surface area contributed by atoms with E-state index in [0.717, 1.165) is 0 Å². The van der Waals surface area contributed by atoms with Gasteiger partial charge in [-0.2, -0.15) is 5.10 Å². The molecule has 0 saturated heterocycles. The minimum atomic E-state index is -0.902. The monoisotopic (exact) mass is 375 g/mol. The zero-order valence-corrected chi connectivity index (χ0v) is 15.0. The number of amides is 2. The molecule has 0 aromatic heterocycles. The maximum atomic E-state index is 11.8. The average Bonchev–Trinajstić information content (AvgIpc) is 2.64. The number of ether oxygens (including phenoxy) is 2. The van der Waals surface area contributed by atoms with Crippen molar-refractivity contribution < 1.29 is 19.1 Å². The first kappa shape index (κ1) is 19.3.